The average Bonchev–Trinajstić information content (AvgIpc) is 2.61. The van der Waals surface area contributed by atoms with E-state index in [9.17, 15) is 0 Å². The van der Waals surface area contributed by atoms with E-state index in [1.807, 2.05) is 6.92 Å². The number of aryl methyl sites for hydroxylation is 2. The summed E-state index contributed by atoms with van der Waals surface area (Å²) in [7, 11) is 0. The maximum Gasteiger partial charge on any atom is -0.0927 e. The molecule has 0 aromatic heterocycles. The fourth-order valence-corrected chi connectivity index (χ4v) is 2.32. The molecule has 0 aliphatic carbocycles. The molecule has 2 aromatic rings. The first kappa shape index (κ1) is 23.9. The SMILES string of the molecule is CCCOCc1ccc(C)cc1.Cc1ccc(C[N]=[W])cc1.[CH2-]CC. The van der Waals surface area contributed by atoms with Gasteiger partial charge in [-0.15, -0.1) is 0 Å². The van der Waals surface area contributed by atoms with E-state index in [1.54, 1.807) is 0 Å². The van der Waals surface area contributed by atoms with Gasteiger partial charge in [0.05, 0.1) is 6.61 Å². The Morgan fingerprint density at radius 2 is 1.32 bits per heavy atom. The first-order valence-electron chi connectivity index (χ1n) is 8.84. The van der Waals surface area contributed by atoms with E-state index in [-0.39, 0.29) is 0 Å². The summed E-state index contributed by atoms with van der Waals surface area (Å²) >= 11 is 1.30. The van der Waals surface area contributed by atoms with Gasteiger partial charge in [0.15, 0.2) is 0 Å². The molecule has 0 heterocycles. The van der Waals surface area contributed by atoms with Crippen molar-refractivity contribution in [3.63, 3.8) is 0 Å². The van der Waals surface area contributed by atoms with E-state index in [2.05, 4.69) is 79.7 Å². The molecule has 0 saturated heterocycles. The van der Waals surface area contributed by atoms with Crippen LogP contribution in [-0.4, -0.2) is 6.61 Å². The molecular formula is C22H32NOW-. The summed E-state index contributed by atoms with van der Waals surface area (Å²) in [6.07, 6.45) is 2.09. The number of ether oxygens (including phenoxy) is 1. The van der Waals surface area contributed by atoms with Crippen LogP contribution in [0.25, 0.3) is 0 Å². The van der Waals surface area contributed by atoms with Gasteiger partial charge < -0.3 is 11.7 Å². The maximum absolute atomic E-state index is 5.41. The first-order chi connectivity index (χ1) is 12.1. The van der Waals surface area contributed by atoms with Crippen molar-refractivity contribution < 1.29 is 24.4 Å². The van der Waals surface area contributed by atoms with Gasteiger partial charge in [-0.05, 0) is 18.9 Å². The van der Waals surface area contributed by atoms with Gasteiger partial charge >= 0.3 is 72.0 Å². The summed E-state index contributed by atoms with van der Waals surface area (Å²) in [4.78, 5) is 0. The molecule has 0 amide bonds. The molecule has 25 heavy (non-hydrogen) atoms. The fraction of sp³-hybridized carbons (Fsp3) is 0.409. The summed E-state index contributed by atoms with van der Waals surface area (Å²) in [6.45, 7) is 14.3. The van der Waals surface area contributed by atoms with Crippen LogP contribution in [0.15, 0.2) is 52.0 Å². The Kier molecular flexibility index (Phi) is 15.6. The fourth-order valence-electron chi connectivity index (χ4n) is 1.79. The van der Waals surface area contributed by atoms with Crippen molar-refractivity contribution >= 4 is 0 Å². The van der Waals surface area contributed by atoms with Gasteiger partial charge in [-0.25, -0.2) is 0 Å². The van der Waals surface area contributed by atoms with E-state index < -0.39 is 0 Å². The molecule has 0 aliphatic heterocycles. The van der Waals surface area contributed by atoms with Gasteiger partial charge in [-0.1, -0.05) is 43.7 Å². The summed E-state index contributed by atoms with van der Waals surface area (Å²) in [5, 5.41) is 0. The molecule has 2 nitrogen and oxygen atoms in total. The van der Waals surface area contributed by atoms with E-state index >= 15 is 0 Å². The topological polar surface area (TPSA) is 21.6 Å². The van der Waals surface area contributed by atoms with Crippen LogP contribution < -0.4 is 0 Å². The molecule has 0 fully saturated rings. The molecule has 0 radical (unpaired) electrons. The van der Waals surface area contributed by atoms with Gasteiger partial charge in [-0.2, -0.15) is 6.42 Å². The summed E-state index contributed by atoms with van der Waals surface area (Å²) in [6, 6.07) is 17.0. The molecule has 0 unspecified atom stereocenters. The summed E-state index contributed by atoms with van der Waals surface area (Å²) in [5.74, 6) is 0. The summed E-state index contributed by atoms with van der Waals surface area (Å²) < 4.78 is 9.53. The minimum atomic E-state index is 0.744. The molecule has 0 saturated carbocycles. The number of hydrogen-bond acceptors (Lipinski definition) is 2. The van der Waals surface area contributed by atoms with E-state index in [0.29, 0.717) is 0 Å². The zero-order chi connectivity index (χ0) is 18.9. The van der Waals surface area contributed by atoms with Gasteiger partial charge in [0.2, 0.25) is 0 Å². The molecular weight excluding hydrogens is 478 g/mol. The van der Waals surface area contributed by atoms with E-state index in [1.165, 1.54) is 41.9 Å². The second kappa shape index (κ2) is 16.4. The van der Waals surface area contributed by atoms with Crippen molar-refractivity contribution in [3.05, 3.63) is 77.7 Å². The molecule has 0 atom stereocenters. The zero-order valence-corrected chi connectivity index (χ0v) is 19.1. The zero-order valence-electron chi connectivity index (χ0n) is 16.1. The Bertz CT molecular complexity index is 549. The first-order valence-corrected chi connectivity index (χ1v) is 10.2. The Balaban J connectivity index is 0.000000403. The number of hydrogen-bond donors (Lipinski definition) is 0. The minimum absolute atomic E-state index is 0.744. The second-order valence-electron chi connectivity index (χ2n) is 5.81. The van der Waals surface area contributed by atoms with Crippen molar-refractivity contribution in [3.8, 4) is 0 Å². The molecule has 3 heteroatoms. The predicted molar refractivity (Wildman–Crippen MR) is 104 cm³/mol. The Hall–Kier alpha value is -1.11. The normalized spacial score (nSPS) is 9.32. The number of nitrogens with zero attached hydrogens (tertiary/aromatic N) is 1. The van der Waals surface area contributed by atoms with Gasteiger partial charge in [0.1, 0.15) is 0 Å². The van der Waals surface area contributed by atoms with Crippen LogP contribution in [0.1, 0.15) is 48.9 Å². The van der Waals surface area contributed by atoms with Crippen molar-refractivity contribution in [1.82, 2.24) is 0 Å². The van der Waals surface area contributed by atoms with Crippen LogP contribution >= 0.6 is 0 Å². The standard InChI is InChI=1S/C11H16O.C8H9N.C3H7.W/c1-3-8-12-9-11-6-4-10(2)5-7-11;1-7-2-4-8(6-9)5-3-7;1-3-2;/h4-7H,3,8-9H2,1-2H3;2-5H,6H2,1H3;1,3H2,2H3;/q;;-1;. The molecule has 0 bridgehead atoms. The predicted octanol–water partition coefficient (Wildman–Crippen LogP) is 6.38. The molecule has 138 valence electrons. The Morgan fingerprint density at radius 1 is 0.880 bits per heavy atom. The molecule has 0 aliphatic rings. The van der Waals surface area contributed by atoms with Crippen LogP contribution in [0, 0.1) is 20.8 Å². The average molecular weight is 510 g/mol. The number of rotatable bonds is 6. The van der Waals surface area contributed by atoms with Crippen LogP contribution in [0.2, 0.25) is 0 Å². The maximum atomic E-state index is 5.41. The third kappa shape index (κ3) is 13.8. The number of benzene rings is 2. The van der Waals surface area contributed by atoms with Crippen LogP contribution in [-0.2, 0) is 37.5 Å². The molecule has 0 N–H and O–H groups in total. The van der Waals surface area contributed by atoms with Crippen LogP contribution in [0.3, 0.4) is 0 Å². The van der Waals surface area contributed by atoms with Gasteiger partial charge in [0.25, 0.3) is 0 Å². The molecule has 0 spiro atoms. The van der Waals surface area contributed by atoms with Crippen molar-refractivity contribution in [2.24, 2.45) is 3.50 Å². The second-order valence-corrected chi connectivity index (χ2v) is 6.74. The molecule has 2 rings (SSSR count). The van der Waals surface area contributed by atoms with Crippen molar-refractivity contribution in [2.75, 3.05) is 6.61 Å². The Labute approximate surface area is 165 Å². The van der Waals surface area contributed by atoms with Gasteiger partial charge in [0, 0.05) is 6.61 Å². The smallest absolute Gasteiger partial charge is 0.0927 e. The third-order valence-corrected chi connectivity index (χ3v) is 3.57. The minimum Gasteiger partial charge on any atom is -0.344 e. The van der Waals surface area contributed by atoms with Crippen molar-refractivity contribution in [2.45, 2.75) is 53.7 Å². The summed E-state index contributed by atoms with van der Waals surface area (Å²) in [5.41, 5.74) is 5.18. The van der Waals surface area contributed by atoms with Gasteiger partial charge in [-0.3, -0.25) is 0 Å². The largest absolute Gasteiger partial charge is 0.344 e. The van der Waals surface area contributed by atoms with E-state index in [0.717, 1.165) is 32.6 Å². The van der Waals surface area contributed by atoms with E-state index in [4.69, 9.17) is 4.74 Å². The van der Waals surface area contributed by atoms with Crippen LogP contribution in [0.4, 0.5) is 0 Å². The quantitative estimate of drug-likeness (QED) is 0.327. The monoisotopic (exact) mass is 510 g/mol. The van der Waals surface area contributed by atoms with Crippen molar-refractivity contribution in [1.29, 1.82) is 0 Å². The van der Waals surface area contributed by atoms with Crippen LogP contribution in [0.5, 0.6) is 0 Å². The Morgan fingerprint density at radius 3 is 1.72 bits per heavy atom. The third-order valence-electron chi connectivity index (χ3n) is 3.11. The molecule has 2 aromatic carbocycles.